The molecule has 0 bridgehead atoms. The van der Waals surface area contributed by atoms with Crippen molar-refractivity contribution in [2.75, 3.05) is 6.54 Å². The highest BCUT2D eigenvalue weighted by molar-refractivity contribution is 5.92. The number of carbonyl (C=O) groups is 2. The normalized spacial score (nSPS) is 32.7. The lowest BCUT2D eigenvalue weighted by Gasteiger charge is -2.56. The Kier molecular flexibility index (Phi) is 6.86. The Morgan fingerprint density at radius 2 is 1.92 bits per heavy atom. The maximum absolute atomic E-state index is 13.6. The second-order valence-corrected chi connectivity index (χ2v) is 11.5. The van der Waals surface area contributed by atoms with Gasteiger partial charge in [-0.1, -0.05) is 45.0 Å². The van der Waals surface area contributed by atoms with E-state index in [2.05, 4.69) is 47.3 Å². The van der Waals surface area contributed by atoms with E-state index in [1.807, 2.05) is 17.9 Å². The third-order valence-electron chi connectivity index (χ3n) is 9.47. The average Bonchev–Trinajstić information content (AvgIpc) is 2.90. The van der Waals surface area contributed by atoms with Gasteiger partial charge in [-0.25, -0.2) is 4.98 Å². The molecular formula is C29H38N4O3. The summed E-state index contributed by atoms with van der Waals surface area (Å²) in [7, 11) is 0. The van der Waals surface area contributed by atoms with Gasteiger partial charge in [0.25, 0.3) is 5.91 Å². The number of fused-ring (bicyclic) bond motifs is 2. The van der Waals surface area contributed by atoms with Gasteiger partial charge in [0.05, 0.1) is 12.3 Å². The molecule has 0 spiro atoms. The molecule has 7 nitrogen and oxygen atoms in total. The number of hydrogen-bond acceptors (Lipinski definition) is 5. The van der Waals surface area contributed by atoms with Crippen LogP contribution in [0.1, 0.15) is 68.1 Å². The van der Waals surface area contributed by atoms with Crippen LogP contribution in [-0.2, 0) is 17.8 Å². The Morgan fingerprint density at radius 3 is 2.67 bits per heavy atom. The van der Waals surface area contributed by atoms with Crippen LogP contribution in [-0.4, -0.2) is 50.5 Å². The molecule has 7 heteroatoms. The third-order valence-corrected chi connectivity index (χ3v) is 9.47. The fraction of sp³-hybridized carbons (Fsp3) is 0.586. The van der Waals surface area contributed by atoms with E-state index in [1.165, 1.54) is 23.5 Å². The number of aliphatic hydroxyl groups excluding tert-OH is 1. The number of amides is 2. The Morgan fingerprint density at radius 1 is 1.17 bits per heavy atom. The third kappa shape index (κ3) is 4.54. The summed E-state index contributed by atoms with van der Waals surface area (Å²) < 4.78 is 0. The Hall–Kier alpha value is -2.80. The first-order valence-corrected chi connectivity index (χ1v) is 13.4. The highest BCUT2D eigenvalue weighted by Gasteiger charge is 2.54. The molecule has 2 heterocycles. The van der Waals surface area contributed by atoms with Gasteiger partial charge in [-0.05, 0) is 66.4 Å². The lowest BCUT2D eigenvalue weighted by atomic mass is 9.51. The summed E-state index contributed by atoms with van der Waals surface area (Å²) in [6, 6.07) is 8.31. The Labute approximate surface area is 213 Å². The quantitative estimate of drug-likeness (QED) is 0.683. The summed E-state index contributed by atoms with van der Waals surface area (Å²) in [6.07, 6.45) is 8.52. The maximum atomic E-state index is 13.6. The molecule has 2 saturated carbocycles. The number of aliphatic hydroxyl groups is 1. The summed E-state index contributed by atoms with van der Waals surface area (Å²) in [5.41, 5.74) is 2.87. The first-order chi connectivity index (χ1) is 17.3. The highest BCUT2D eigenvalue weighted by atomic mass is 16.3. The van der Waals surface area contributed by atoms with E-state index in [0.717, 1.165) is 38.6 Å². The minimum absolute atomic E-state index is 0.00987. The molecular weight excluding hydrogens is 452 g/mol. The molecule has 1 aromatic heterocycles. The Bertz CT molecular complexity index is 1110. The average molecular weight is 491 g/mol. The van der Waals surface area contributed by atoms with Crippen molar-refractivity contribution < 1.29 is 14.7 Å². The molecule has 5 rings (SSSR count). The fourth-order valence-electron chi connectivity index (χ4n) is 7.31. The highest BCUT2D eigenvalue weighted by Crippen LogP contribution is 2.55. The molecule has 2 N–H and O–H groups in total. The van der Waals surface area contributed by atoms with Crippen LogP contribution in [0.15, 0.2) is 42.9 Å². The van der Waals surface area contributed by atoms with Crippen LogP contribution in [0.3, 0.4) is 0 Å². The number of hydrogen-bond donors (Lipinski definition) is 2. The zero-order valence-corrected chi connectivity index (χ0v) is 21.6. The van der Waals surface area contributed by atoms with E-state index in [9.17, 15) is 14.7 Å². The van der Waals surface area contributed by atoms with E-state index >= 15 is 0 Å². The minimum atomic E-state index is -0.578. The molecule has 0 unspecified atom stereocenters. The molecule has 2 fully saturated rings. The zero-order valence-electron chi connectivity index (χ0n) is 21.6. The van der Waals surface area contributed by atoms with Gasteiger partial charge in [0.2, 0.25) is 5.91 Å². The minimum Gasteiger partial charge on any atom is -0.392 e. The molecule has 7 atom stereocenters. The summed E-state index contributed by atoms with van der Waals surface area (Å²) >= 11 is 0. The number of aromatic nitrogens is 2. The summed E-state index contributed by atoms with van der Waals surface area (Å²) in [6.45, 7) is 7.80. The molecule has 2 aromatic rings. The number of benzene rings is 1. The van der Waals surface area contributed by atoms with Crippen LogP contribution in [0.25, 0.3) is 0 Å². The van der Waals surface area contributed by atoms with E-state index in [-0.39, 0.29) is 46.9 Å². The smallest absolute Gasteiger partial charge is 0.271 e. The largest absolute Gasteiger partial charge is 0.392 e. The van der Waals surface area contributed by atoms with Gasteiger partial charge in [0, 0.05) is 37.4 Å². The fourth-order valence-corrected chi connectivity index (χ4v) is 7.31. The molecule has 1 aromatic carbocycles. The first kappa shape index (κ1) is 24.9. The Balaban J connectivity index is 1.28. The lowest BCUT2D eigenvalue weighted by Crippen LogP contribution is -2.58. The molecule has 2 amide bonds. The summed E-state index contributed by atoms with van der Waals surface area (Å²) in [4.78, 5) is 36.5. The molecule has 0 radical (unpaired) electrons. The van der Waals surface area contributed by atoms with E-state index < -0.39 is 6.10 Å². The van der Waals surface area contributed by atoms with Crippen LogP contribution in [0.4, 0.5) is 0 Å². The van der Waals surface area contributed by atoms with Gasteiger partial charge in [0.15, 0.2) is 0 Å². The van der Waals surface area contributed by atoms with E-state index in [0.29, 0.717) is 12.2 Å². The first-order valence-electron chi connectivity index (χ1n) is 13.4. The van der Waals surface area contributed by atoms with Gasteiger partial charge in [-0.3, -0.25) is 14.6 Å². The van der Waals surface area contributed by atoms with Gasteiger partial charge in [-0.15, -0.1) is 0 Å². The molecule has 1 aliphatic heterocycles. The standard InChI is InChI=1S/C29H38N4O3/c1-18(28(36)33-15-10-20-6-4-5-7-21(20)17-33)22-8-11-29(3)12-9-23(19(2)25(29)26(22)34)32-27(35)24-16-30-13-14-31-24/h4-7,13-14,16,18-19,22-23,25-26,34H,8-12,15,17H2,1-3H3,(H,32,35)/t18-,19+,22+,23-,25+,26-,29-/m0/s1. The van der Waals surface area contributed by atoms with Crippen molar-refractivity contribution in [1.29, 1.82) is 0 Å². The predicted molar refractivity (Wildman–Crippen MR) is 137 cm³/mol. The molecule has 0 saturated heterocycles. The van der Waals surface area contributed by atoms with Gasteiger partial charge < -0.3 is 15.3 Å². The van der Waals surface area contributed by atoms with Crippen LogP contribution in [0.2, 0.25) is 0 Å². The monoisotopic (exact) mass is 490 g/mol. The number of nitrogens with one attached hydrogen (secondary N) is 1. The van der Waals surface area contributed by atoms with Gasteiger partial charge >= 0.3 is 0 Å². The van der Waals surface area contributed by atoms with Crippen LogP contribution in [0, 0.1) is 29.1 Å². The van der Waals surface area contributed by atoms with Crippen molar-refractivity contribution in [2.45, 2.75) is 71.6 Å². The van der Waals surface area contributed by atoms with E-state index in [1.54, 1.807) is 6.20 Å². The topological polar surface area (TPSA) is 95.4 Å². The predicted octanol–water partition coefficient (Wildman–Crippen LogP) is 3.62. The van der Waals surface area contributed by atoms with Crippen LogP contribution >= 0.6 is 0 Å². The lowest BCUT2D eigenvalue weighted by molar-refractivity contribution is -0.150. The number of nitrogens with zero attached hydrogens (tertiary/aromatic N) is 3. The van der Waals surface area contributed by atoms with Crippen molar-refractivity contribution in [1.82, 2.24) is 20.2 Å². The maximum Gasteiger partial charge on any atom is 0.271 e. The second-order valence-electron chi connectivity index (χ2n) is 11.5. The summed E-state index contributed by atoms with van der Waals surface area (Å²) in [5, 5.41) is 14.9. The second kappa shape index (κ2) is 9.92. The number of carbonyl (C=O) groups excluding carboxylic acids is 2. The van der Waals surface area contributed by atoms with Gasteiger partial charge in [-0.2, -0.15) is 0 Å². The van der Waals surface area contributed by atoms with Crippen molar-refractivity contribution in [2.24, 2.45) is 29.1 Å². The van der Waals surface area contributed by atoms with Gasteiger partial charge in [0.1, 0.15) is 5.69 Å². The van der Waals surface area contributed by atoms with Crippen molar-refractivity contribution in [3.63, 3.8) is 0 Å². The van der Waals surface area contributed by atoms with Crippen LogP contribution in [0.5, 0.6) is 0 Å². The van der Waals surface area contributed by atoms with E-state index in [4.69, 9.17) is 0 Å². The summed E-state index contributed by atoms with van der Waals surface area (Å²) in [5.74, 6) is -0.283. The SMILES string of the molecule is C[C@H]1[C@@H]2[C@@H](O)[C@@H]([C@H](C)C(=O)N3CCc4ccccc4C3)CC[C@@]2(C)CC[C@@H]1NC(=O)c1cnccn1. The van der Waals surface area contributed by atoms with Crippen molar-refractivity contribution in [3.8, 4) is 0 Å². The van der Waals surface area contributed by atoms with Crippen molar-refractivity contribution in [3.05, 3.63) is 59.7 Å². The molecule has 192 valence electrons. The molecule has 36 heavy (non-hydrogen) atoms. The molecule has 3 aliphatic rings. The van der Waals surface area contributed by atoms with Crippen LogP contribution < -0.4 is 5.32 Å². The number of rotatable bonds is 4. The molecule has 2 aliphatic carbocycles. The van der Waals surface area contributed by atoms with Crippen molar-refractivity contribution >= 4 is 11.8 Å². The zero-order chi connectivity index (χ0) is 25.4.